The maximum Gasteiger partial charge on any atom is 0.404 e. The SMILES string of the molecule is O=C(O)NCC(O)C1CCOC1. The highest BCUT2D eigenvalue weighted by Gasteiger charge is 2.23. The number of ether oxygens (including phenoxy) is 1. The summed E-state index contributed by atoms with van der Waals surface area (Å²) in [5.74, 6) is 0.0804. The van der Waals surface area contributed by atoms with E-state index >= 15 is 0 Å². The quantitative estimate of drug-likeness (QED) is 0.548. The predicted octanol–water partition coefficient (Wildman–Crippen LogP) is -0.349. The fourth-order valence-corrected chi connectivity index (χ4v) is 1.21. The molecule has 1 fully saturated rings. The first kappa shape index (κ1) is 9.28. The van der Waals surface area contributed by atoms with Crippen LogP contribution in [0.3, 0.4) is 0 Å². The molecule has 0 radical (unpaired) electrons. The number of amides is 1. The first-order chi connectivity index (χ1) is 5.70. The number of aliphatic hydroxyl groups is 1. The Hall–Kier alpha value is -0.810. The lowest BCUT2D eigenvalue weighted by atomic mass is 10.0. The van der Waals surface area contributed by atoms with E-state index in [-0.39, 0.29) is 12.5 Å². The molecule has 1 aliphatic heterocycles. The molecule has 1 amide bonds. The van der Waals surface area contributed by atoms with Crippen LogP contribution in [-0.4, -0.2) is 42.2 Å². The first-order valence-electron chi connectivity index (χ1n) is 3.92. The van der Waals surface area contributed by atoms with Crippen molar-refractivity contribution in [1.29, 1.82) is 0 Å². The molecule has 3 N–H and O–H groups in total. The van der Waals surface area contributed by atoms with Gasteiger partial charge < -0.3 is 20.3 Å². The largest absolute Gasteiger partial charge is 0.465 e. The molecule has 1 rings (SSSR count). The van der Waals surface area contributed by atoms with E-state index in [0.717, 1.165) is 6.42 Å². The Balaban J connectivity index is 2.17. The summed E-state index contributed by atoms with van der Waals surface area (Å²) >= 11 is 0. The standard InChI is InChI=1S/C7H13NO4/c9-6(3-8-7(10)11)5-1-2-12-4-5/h5-6,8-9H,1-4H2,(H,10,11). The lowest BCUT2D eigenvalue weighted by Crippen LogP contribution is -2.35. The number of rotatable bonds is 3. The van der Waals surface area contributed by atoms with E-state index in [1.807, 2.05) is 0 Å². The van der Waals surface area contributed by atoms with Crippen molar-refractivity contribution in [3.8, 4) is 0 Å². The van der Waals surface area contributed by atoms with Crippen LogP contribution in [0.15, 0.2) is 0 Å². The number of hydrogen-bond donors (Lipinski definition) is 3. The number of carbonyl (C=O) groups is 1. The van der Waals surface area contributed by atoms with E-state index < -0.39 is 12.2 Å². The molecular formula is C7H13NO4. The second-order valence-electron chi connectivity index (χ2n) is 2.88. The van der Waals surface area contributed by atoms with Crippen molar-refractivity contribution < 1.29 is 19.7 Å². The topological polar surface area (TPSA) is 78.8 Å². The third-order valence-electron chi connectivity index (χ3n) is 1.97. The van der Waals surface area contributed by atoms with Gasteiger partial charge in [0, 0.05) is 19.1 Å². The van der Waals surface area contributed by atoms with Crippen LogP contribution in [0.2, 0.25) is 0 Å². The van der Waals surface area contributed by atoms with E-state index in [1.165, 1.54) is 0 Å². The minimum absolute atomic E-state index is 0.0804. The Labute approximate surface area is 70.3 Å². The minimum Gasteiger partial charge on any atom is -0.465 e. The maximum atomic E-state index is 10.1. The molecule has 5 heteroatoms. The van der Waals surface area contributed by atoms with E-state index in [1.54, 1.807) is 0 Å². The molecule has 1 saturated heterocycles. The summed E-state index contributed by atoms with van der Waals surface area (Å²) in [6.07, 6.45) is -0.917. The molecule has 2 atom stereocenters. The summed E-state index contributed by atoms with van der Waals surface area (Å²) < 4.78 is 5.05. The zero-order valence-electron chi connectivity index (χ0n) is 6.69. The molecular weight excluding hydrogens is 162 g/mol. The third-order valence-corrected chi connectivity index (χ3v) is 1.97. The molecule has 0 aromatic heterocycles. The molecule has 1 heterocycles. The molecule has 0 bridgehead atoms. The summed E-state index contributed by atoms with van der Waals surface area (Å²) in [6.45, 7) is 1.28. The van der Waals surface area contributed by atoms with Gasteiger partial charge in [-0.15, -0.1) is 0 Å². The van der Waals surface area contributed by atoms with Gasteiger partial charge in [0.1, 0.15) is 0 Å². The molecule has 0 spiro atoms. The minimum atomic E-state index is -1.10. The van der Waals surface area contributed by atoms with Crippen LogP contribution in [0, 0.1) is 5.92 Å². The van der Waals surface area contributed by atoms with Crippen molar-refractivity contribution in [2.45, 2.75) is 12.5 Å². The lowest BCUT2D eigenvalue weighted by molar-refractivity contribution is 0.0895. The fraction of sp³-hybridized carbons (Fsp3) is 0.857. The van der Waals surface area contributed by atoms with Gasteiger partial charge in [0.05, 0.1) is 12.7 Å². The summed E-state index contributed by atoms with van der Waals surface area (Å²) in [5, 5.41) is 19.8. The Morgan fingerprint density at radius 2 is 2.50 bits per heavy atom. The predicted molar refractivity (Wildman–Crippen MR) is 41.0 cm³/mol. The molecule has 2 unspecified atom stereocenters. The zero-order valence-corrected chi connectivity index (χ0v) is 6.69. The number of nitrogens with one attached hydrogen (secondary N) is 1. The van der Waals surface area contributed by atoms with Gasteiger partial charge in [-0.05, 0) is 6.42 Å². The summed E-state index contributed by atoms with van der Waals surface area (Å²) in [5.41, 5.74) is 0. The Morgan fingerprint density at radius 1 is 1.75 bits per heavy atom. The number of hydrogen-bond acceptors (Lipinski definition) is 3. The molecule has 0 aromatic carbocycles. The Bertz CT molecular complexity index is 155. The van der Waals surface area contributed by atoms with Crippen LogP contribution in [-0.2, 0) is 4.74 Å². The van der Waals surface area contributed by atoms with Gasteiger partial charge in [0.25, 0.3) is 0 Å². The van der Waals surface area contributed by atoms with Crippen LogP contribution in [0.4, 0.5) is 4.79 Å². The highest BCUT2D eigenvalue weighted by molar-refractivity contribution is 5.64. The molecule has 70 valence electrons. The average Bonchev–Trinajstić information content (AvgIpc) is 2.51. The van der Waals surface area contributed by atoms with Crippen LogP contribution in [0.1, 0.15) is 6.42 Å². The van der Waals surface area contributed by atoms with Crippen molar-refractivity contribution >= 4 is 6.09 Å². The second-order valence-corrected chi connectivity index (χ2v) is 2.88. The summed E-state index contributed by atoms with van der Waals surface area (Å²) in [4.78, 5) is 10.1. The highest BCUT2D eigenvalue weighted by Crippen LogP contribution is 2.15. The summed E-state index contributed by atoms with van der Waals surface area (Å²) in [7, 11) is 0. The number of aliphatic hydroxyl groups excluding tert-OH is 1. The van der Waals surface area contributed by atoms with Crippen LogP contribution < -0.4 is 5.32 Å². The molecule has 0 aliphatic carbocycles. The highest BCUT2D eigenvalue weighted by atomic mass is 16.5. The van der Waals surface area contributed by atoms with Crippen molar-refractivity contribution in [2.24, 2.45) is 5.92 Å². The van der Waals surface area contributed by atoms with Crippen molar-refractivity contribution in [3.63, 3.8) is 0 Å². The summed E-state index contributed by atoms with van der Waals surface area (Å²) in [6, 6.07) is 0. The fourth-order valence-electron chi connectivity index (χ4n) is 1.21. The zero-order chi connectivity index (χ0) is 8.97. The second kappa shape index (κ2) is 4.27. The molecule has 5 nitrogen and oxygen atoms in total. The Kier molecular flexibility index (Phi) is 3.31. The van der Waals surface area contributed by atoms with Gasteiger partial charge in [-0.3, -0.25) is 0 Å². The molecule has 1 aliphatic rings. The van der Waals surface area contributed by atoms with E-state index in [0.29, 0.717) is 13.2 Å². The van der Waals surface area contributed by atoms with E-state index in [2.05, 4.69) is 5.32 Å². The van der Waals surface area contributed by atoms with Crippen molar-refractivity contribution in [3.05, 3.63) is 0 Å². The Morgan fingerprint density at radius 3 is 3.00 bits per heavy atom. The van der Waals surface area contributed by atoms with E-state index in [4.69, 9.17) is 9.84 Å². The normalized spacial score (nSPS) is 25.2. The van der Waals surface area contributed by atoms with Crippen molar-refractivity contribution in [2.75, 3.05) is 19.8 Å². The van der Waals surface area contributed by atoms with Gasteiger partial charge >= 0.3 is 6.09 Å². The van der Waals surface area contributed by atoms with Crippen LogP contribution >= 0.6 is 0 Å². The third kappa shape index (κ3) is 2.67. The van der Waals surface area contributed by atoms with Crippen molar-refractivity contribution in [1.82, 2.24) is 5.32 Å². The molecule has 0 aromatic rings. The van der Waals surface area contributed by atoms with Gasteiger partial charge in [-0.2, -0.15) is 0 Å². The molecule has 12 heavy (non-hydrogen) atoms. The van der Waals surface area contributed by atoms with Crippen LogP contribution in [0.5, 0.6) is 0 Å². The number of carboxylic acid groups (broad SMARTS) is 1. The van der Waals surface area contributed by atoms with Crippen LogP contribution in [0.25, 0.3) is 0 Å². The first-order valence-corrected chi connectivity index (χ1v) is 3.92. The molecule has 0 saturated carbocycles. The monoisotopic (exact) mass is 175 g/mol. The average molecular weight is 175 g/mol. The lowest BCUT2D eigenvalue weighted by Gasteiger charge is -2.15. The van der Waals surface area contributed by atoms with Gasteiger partial charge in [-0.1, -0.05) is 0 Å². The van der Waals surface area contributed by atoms with Gasteiger partial charge in [-0.25, -0.2) is 4.79 Å². The van der Waals surface area contributed by atoms with E-state index in [9.17, 15) is 9.90 Å². The smallest absolute Gasteiger partial charge is 0.404 e. The van der Waals surface area contributed by atoms with Gasteiger partial charge in [0.2, 0.25) is 0 Å². The maximum absolute atomic E-state index is 10.1. The van der Waals surface area contributed by atoms with Gasteiger partial charge in [0.15, 0.2) is 0 Å².